The molecule has 0 spiro atoms. The molecule has 0 radical (unpaired) electrons. The van der Waals surface area contributed by atoms with Gasteiger partial charge in [0, 0.05) is 25.5 Å². The average Bonchev–Trinajstić information content (AvgIpc) is 2.20. The first-order chi connectivity index (χ1) is 7.49. The molecule has 0 bridgehead atoms. The van der Waals surface area contributed by atoms with Gasteiger partial charge in [-0.25, -0.2) is 4.99 Å². The van der Waals surface area contributed by atoms with Crippen molar-refractivity contribution in [1.82, 2.24) is 9.88 Å². The number of amidine groups is 1. The Hall–Kier alpha value is -1.49. The molecule has 16 heavy (non-hydrogen) atoms. The minimum absolute atomic E-state index is 0.159. The molecule has 86 valence electrons. The quantitative estimate of drug-likeness (QED) is 0.480. The van der Waals surface area contributed by atoms with Crippen molar-refractivity contribution in [2.45, 2.75) is 20.4 Å². The third-order valence-corrected chi connectivity index (χ3v) is 2.31. The van der Waals surface area contributed by atoms with E-state index in [2.05, 4.69) is 9.98 Å². The lowest BCUT2D eigenvalue weighted by Gasteiger charge is -2.18. The molecule has 1 aromatic heterocycles. The normalized spacial score (nSPS) is 11.3. The van der Waals surface area contributed by atoms with Crippen LogP contribution in [0, 0.1) is 6.92 Å². The standard InChI is InChI=1S/C11H16N4S/c1-8-4-5-10(6-13-8)7-15(3)9(2)14-11(12)16/h4-6H,7H2,1-3H3,(H2,12,16)/b14-9+. The minimum Gasteiger partial charge on any atom is -0.374 e. The van der Waals surface area contributed by atoms with Crippen LogP contribution in [-0.4, -0.2) is 27.9 Å². The van der Waals surface area contributed by atoms with Crippen LogP contribution in [0.3, 0.4) is 0 Å². The molecule has 1 aromatic rings. The number of nitrogens with two attached hydrogens (primary N) is 1. The first kappa shape index (κ1) is 12.6. The van der Waals surface area contributed by atoms with E-state index >= 15 is 0 Å². The van der Waals surface area contributed by atoms with E-state index in [9.17, 15) is 0 Å². The lowest BCUT2D eigenvalue weighted by Crippen LogP contribution is -2.25. The highest BCUT2D eigenvalue weighted by Crippen LogP contribution is 2.03. The number of aryl methyl sites for hydroxylation is 1. The Labute approximate surface area is 101 Å². The van der Waals surface area contributed by atoms with Crippen molar-refractivity contribution >= 4 is 23.2 Å². The smallest absolute Gasteiger partial charge is 0.191 e. The summed E-state index contributed by atoms with van der Waals surface area (Å²) in [5.74, 6) is 0.799. The molecule has 0 fully saturated rings. The third-order valence-electron chi connectivity index (χ3n) is 2.22. The van der Waals surface area contributed by atoms with Gasteiger partial charge in [0.05, 0.1) is 0 Å². The first-order valence-corrected chi connectivity index (χ1v) is 5.37. The van der Waals surface area contributed by atoms with Crippen molar-refractivity contribution in [1.29, 1.82) is 0 Å². The number of aliphatic imine (C=N–C) groups is 1. The molecule has 1 heterocycles. The van der Waals surface area contributed by atoms with E-state index in [-0.39, 0.29) is 5.11 Å². The lowest BCUT2D eigenvalue weighted by atomic mass is 10.2. The molecule has 0 aliphatic rings. The fourth-order valence-corrected chi connectivity index (χ4v) is 1.36. The van der Waals surface area contributed by atoms with Gasteiger partial charge in [-0.2, -0.15) is 0 Å². The summed E-state index contributed by atoms with van der Waals surface area (Å²) in [6.45, 7) is 4.58. The second-order valence-electron chi connectivity index (χ2n) is 3.66. The lowest BCUT2D eigenvalue weighted by molar-refractivity contribution is 0.497. The molecule has 0 saturated heterocycles. The van der Waals surface area contributed by atoms with Gasteiger partial charge in [-0.15, -0.1) is 0 Å². The van der Waals surface area contributed by atoms with Crippen LogP contribution in [0.1, 0.15) is 18.2 Å². The first-order valence-electron chi connectivity index (χ1n) is 4.96. The van der Waals surface area contributed by atoms with E-state index in [1.807, 2.05) is 44.1 Å². The number of rotatable bonds is 2. The van der Waals surface area contributed by atoms with E-state index in [1.54, 1.807) is 0 Å². The van der Waals surface area contributed by atoms with Crippen LogP contribution in [0.5, 0.6) is 0 Å². The van der Waals surface area contributed by atoms with Crippen molar-refractivity contribution in [3.8, 4) is 0 Å². The van der Waals surface area contributed by atoms with Gasteiger partial charge >= 0.3 is 0 Å². The molecule has 0 aliphatic heterocycles. The van der Waals surface area contributed by atoms with Crippen LogP contribution in [0.2, 0.25) is 0 Å². The molecular weight excluding hydrogens is 220 g/mol. The van der Waals surface area contributed by atoms with Gasteiger partial charge in [0.2, 0.25) is 0 Å². The summed E-state index contributed by atoms with van der Waals surface area (Å²) < 4.78 is 0. The largest absolute Gasteiger partial charge is 0.374 e. The van der Waals surface area contributed by atoms with Crippen LogP contribution in [0.25, 0.3) is 0 Å². The zero-order chi connectivity index (χ0) is 12.1. The van der Waals surface area contributed by atoms with E-state index in [4.69, 9.17) is 18.0 Å². The molecule has 1 rings (SSSR count). The summed E-state index contributed by atoms with van der Waals surface area (Å²) in [6.07, 6.45) is 1.86. The Kier molecular flexibility index (Phi) is 4.37. The second-order valence-corrected chi connectivity index (χ2v) is 4.08. The highest BCUT2D eigenvalue weighted by Gasteiger charge is 2.02. The summed E-state index contributed by atoms with van der Waals surface area (Å²) in [6, 6.07) is 4.04. The van der Waals surface area contributed by atoms with Crippen molar-refractivity contribution in [3.63, 3.8) is 0 Å². The zero-order valence-corrected chi connectivity index (χ0v) is 10.6. The van der Waals surface area contributed by atoms with Crippen molar-refractivity contribution in [2.75, 3.05) is 7.05 Å². The topological polar surface area (TPSA) is 54.5 Å². The van der Waals surface area contributed by atoms with Crippen molar-refractivity contribution in [3.05, 3.63) is 29.6 Å². The van der Waals surface area contributed by atoms with Gasteiger partial charge in [0.1, 0.15) is 5.84 Å². The Morgan fingerprint density at radius 2 is 2.25 bits per heavy atom. The minimum atomic E-state index is 0.159. The highest BCUT2D eigenvalue weighted by atomic mass is 32.1. The third kappa shape index (κ3) is 3.94. The number of aromatic nitrogens is 1. The van der Waals surface area contributed by atoms with Crippen LogP contribution >= 0.6 is 12.2 Å². The van der Waals surface area contributed by atoms with E-state index in [0.717, 1.165) is 23.6 Å². The van der Waals surface area contributed by atoms with Gasteiger partial charge in [-0.1, -0.05) is 6.07 Å². The molecule has 0 saturated carbocycles. The fourth-order valence-electron chi connectivity index (χ4n) is 1.23. The summed E-state index contributed by atoms with van der Waals surface area (Å²) in [7, 11) is 1.94. The maximum atomic E-state index is 5.35. The molecule has 4 nitrogen and oxygen atoms in total. The van der Waals surface area contributed by atoms with E-state index in [1.165, 1.54) is 0 Å². The Balaban J connectivity index is 2.67. The predicted molar refractivity (Wildman–Crippen MR) is 70.3 cm³/mol. The Morgan fingerprint density at radius 1 is 1.56 bits per heavy atom. The van der Waals surface area contributed by atoms with Gasteiger partial charge < -0.3 is 10.6 Å². The summed E-state index contributed by atoms with van der Waals surface area (Å²) in [4.78, 5) is 10.2. The van der Waals surface area contributed by atoms with Crippen LogP contribution in [-0.2, 0) is 6.54 Å². The molecule has 0 unspecified atom stereocenters. The fraction of sp³-hybridized carbons (Fsp3) is 0.364. The Bertz CT molecular complexity index is 397. The maximum Gasteiger partial charge on any atom is 0.191 e. The summed E-state index contributed by atoms with van der Waals surface area (Å²) in [5, 5.41) is 0.159. The molecule has 0 amide bonds. The van der Waals surface area contributed by atoms with Crippen LogP contribution in [0.4, 0.5) is 0 Å². The van der Waals surface area contributed by atoms with Crippen LogP contribution < -0.4 is 5.73 Å². The number of hydrogen-bond acceptors (Lipinski definition) is 2. The molecule has 5 heteroatoms. The summed E-state index contributed by atoms with van der Waals surface area (Å²) in [5.41, 5.74) is 7.49. The van der Waals surface area contributed by atoms with Crippen molar-refractivity contribution in [2.24, 2.45) is 10.7 Å². The second kappa shape index (κ2) is 5.55. The molecule has 2 N–H and O–H groups in total. The van der Waals surface area contributed by atoms with Crippen LogP contribution in [0.15, 0.2) is 23.3 Å². The molecule has 0 atom stereocenters. The molecule has 0 aliphatic carbocycles. The van der Waals surface area contributed by atoms with Crippen molar-refractivity contribution < 1.29 is 0 Å². The van der Waals surface area contributed by atoms with Gasteiger partial charge in [-0.3, -0.25) is 4.98 Å². The number of thiocarbonyl (C=S) groups is 1. The SMILES string of the molecule is C/C(=N\C(N)=S)N(C)Cc1ccc(C)nc1. The van der Waals surface area contributed by atoms with E-state index in [0.29, 0.717) is 0 Å². The number of nitrogens with zero attached hydrogens (tertiary/aromatic N) is 3. The van der Waals surface area contributed by atoms with E-state index < -0.39 is 0 Å². The average molecular weight is 236 g/mol. The number of hydrogen-bond donors (Lipinski definition) is 1. The summed E-state index contributed by atoms with van der Waals surface area (Å²) >= 11 is 4.72. The number of pyridine rings is 1. The molecular formula is C11H16N4S. The highest BCUT2D eigenvalue weighted by molar-refractivity contribution is 7.80. The predicted octanol–water partition coefficient (Wildman–Crippen LogP) is 1.48. The van der Waals surface area contributed by atoms with Gasteiger partial charge in [0.25, 0.3) is 0 Å². The molecule has 0 aromatic carbocycles. The maximum absolute atomic E-state index is 5.35. The van der Waals surface area contributed by atoms with Gasteiger partial charge in [-0.05, 0) is 37.7 Å². The monoisotopic (exact) mass is 236 g/mol. The van der Waals surface area contributed by atoms with Gasteiger partial charge in [0.15, 0.2) is 5.11 Å². The zero-order valence-electron chi connectivity index (χ0n) is 9.77. The Morgan fingerprint density at radius 3 is 2.75 bits per heavy atom.